The number of nitrogens with zero attached hydrogens (tertiary/aromatic N) is 4. The number of rotatable bonds is 6. The Hall–Kier alpha value is -3.69. The number of amides is 2. The number of hydrogen-bond donors (Lipinski definition) is 4. The molecule has 0 fully saturated rings. The van der Waals surface area contributed by atoms with Gasteiger partial charge in [-0.05, 0) is 31.5 Å². The summed E-state index contributed by atoms with van der Waals surface area (Å²) in [4.78, 5) is 31.9. The Morgan fingerprint density at radius 1 is 1.28 bits per heavy atom. The molecule has 1 aromatic carbocycles. The standard InChI is InChI=1S/C19H22N8O2/c1-11(28)20-6-7-21-15-16-25-18(26-27(16)9-8-22-15)23-12-4-5-13-14(10-12)24-17(29)19(13,2)3/h4-5,8-10H,6-7H2,1-3H3,(H,20,28)(H,21,22)(H,23,26)(H,24,29). The number of carbonyl (C=O) groups is 2. The molecule has 0 bridgehead atoms. The molecule has 2 aromatic heterocycles. The van der Waals surface area contributed by atoms with Gasteiger partial charge in [-0.3, -0.25) is 9.59 Å². The monoisotopic (exact) mass is 394 g/mol. The van der Waals surface area contributed by atoms with Crippen LogP contribution in [0.1, 0.15) is 26.3 Å². The molecule has 150 valence electrons. The van der Waals surface area contributed by atoms with E-state index in [2.05, 4.69) is 36.3 Å². The molecule has 10 heteroatoms. The second-order valence-electron chi connectivity index (χ2n) is 7.35. The fourth-order valence-electron chi connectivity index (χ4n) is 3.21. The summed E-state index contributed by atoms with van der Waals surface area (Å²) in [7, 11) is 0. The van der Waals surface area contributed by atoms with Gasteiger partial charge in [0.25, 0.3) is 0 Å². The van der Waals surface area contributed by atoms with E-state index in [4.69, 9.17) is 0 Å². The first-order valence-corrected chi connectivity index (χ1v) is 9.27. The van der Waals surface area contributed by atoms with Gasteiger partial charge in [-0.25, -0.2) is 9.50 Å². The van der Waals surface area contributed by atoms with Gasteiger partial charge in [-0.15, -0.1) is 5.10 Å². The first-order chi connectivity index (χ1) is 13.8. The van der Waals surface area contributed by atoms with Crippen LogP contribution >= 0.6 is 0 Å². The lowest BCUT2D eigenvalue weighted by molar-refractivity contribution is -0.120. The van der Waals surface area contributed by atoms with Crippen LogP contribution in [0, 0.1) is 0 Å². The van der Waals surface area contributed by atoms with Crippen molar-refractivity contribution in [1.29, 1.82) is 0 Å². The SMILES string of the molecule is CC(=O)NCCNc1nccn2nc(Nc3ccc4c(c3)NC(=O)C4(C)C)nc12. The van der Waals surface area contributed by atoms with E-state index < -0.39 is 5.41 Å². The highest BCUT2D eigenvalue weighted by Crippen LogP contribution is 2.38. The molecule has 3 aromatic rings. The second kappa shape index (κ2) is 7.04. The fraction of sp³-hybridized carbons (Fsp3) is 0.316. The maximum absolute atomic E-state index is 12.1. The van der Waals surface area contributed by atoms with Crippen LogP contribution in [-0.4, -0.2) is 44.5 Å². The lowest BCUT2D eigenvalue weighted by Crippen LogP contribution is -2.26. The molecule has 29 heavy (non-hydrogen) atoms. The van der Waals surface area contributed by atoms with E-state index in [9.17, 15) is 9.59 Å². The van der Waals surface area contributed by atoms with E-state index in [1.54, 1.807) is 16.9 Å². The highest BCUT2D eigenvalue weighted by Gasteiger charge is 2.38. The average Bonchev–Trinajstić information content (AvgIpc) is 3.17. The minimum absolute atomic E-state index is 0.0171. The zero-order valence-electron chi connectivity index (χ0n) is 16.4. The molecular weight excluding hydrogens is 372 g/mol. The summed E-state index contributed by atoms with van der Waals surface area (Å²) in [5, 5.41) is 16.4. The van der Waals surface area contributed by atoms with Crippen molar-refractivity contribution in [3.63, 3.8) is 0 Å². The van der Waals surface area contributed by atoms with E-state index >= 15 is 0 Å². The van der Waals surface area contributed by atoms with Crippen LogP contribution in [0.5, 0.6) is 0 Å². The van der Waals surface area contributed by atoms with Crippen LogP contribution in [0.2, 0.25) is 0 Å². The van der Waals surface area contributed by atoms with Crippen molar-refractivity contribution in [1.82, 2.24) is 24.9 Å². The maximum Gasteiger partial charge on any atom is 0.247 e. The number of fused-ring (bicyclic) bond motifs is 2. The molecule has 0 atom stereocenters. The summed E-state index contributed by atoms with van der Waals surface area (Å²) in [6.07, 6.45) is 3.33. The van der Waals surface area contributed by atoms with E-state index in [1.807, 2.05) is 32.0 Å². The third-order valence-corrected chi connectivity index (χ3v) is 4.81. The molecular formula is C19H22N8O2. The van der Waals surface area contributed by atoms with Crippen molar-refractivity contribution < 1.29 is 9.59 Å². The Balaban J connectivity index is 1.52. The predicted octanol–water partition coefficient (Wildman–Crippen LogP) is 1.65. The molecule has 0 unspecified atom stereocenters. The predicted molar refractivity (Wildman–Crippen MR) is 109 cm³/mol. The Morgan fingerprint density at radius 3 is 2.90 bits per heavy atom. The largest absolute Gasteiger partial charge is 0.365 e. The van der Waals surface area contributed by atoms with Crippen LogP contribution in [0.4, 0.5) is 23.1 Å². The number of benzene rings is 1. The van der Waals surface area contributed by atoms with Crippen LogP contribution in [0.15, 0.2) is 30.6 Å². The smallest absolute Gasteiger partial charge is 0.247 e. The van der Waals surface area contributed by atoms with Crippen molar-refractivity contribution >= 4 is 40.6 Å². The molecule has 0 aliphatic carbocycles. The fourth-order valence-corrected chi connectivity index (χ4v) is 3.21. The van der Waals surface area contributed by atoms with E-state index in [1.165, 1.54) is 6.92 Å². The Labute approximate surface area is 167 Å². The van der Waals surface area contributed by atoms with Gasteiger partial charge in [0.05, 0.1) is 5.41 Å². The summed E-state index contributed by atoms with van der Waals surface area (Å²) in [6.45, 7) is 6.27. The summed E-state index contributed by atoms with van der Waals surface area (Å²) in [5.41, 5.74) is 2.54. The molecule has 2 amide bonds. The van der Waals surface area contributed by atoms with Crippen LogP contribution < -0.4 is 21.3 Å². The lowest BCUT2D eigenvalue weighted by Gasteiger charge is -2.14. The third kappa shape index (κ3) is 3.56. The molecule has 4 N–H and O–H groups in total. The molecule has 1 aliphatic heterocycles. The highest BCUT2D eigenvalue weighted by atomic mass is 16.2. The van der Waals surface area contributed by atoms with Crippen molar-refractivity contribution in [3.8, 4) is 0 Å². The van der Waals surface area contributed by atoms with Gasteiger partial charge in [0, 0.05) is 43.8 Å². The Kier molecular flexibility index (Phi) is 4.53. The van der Waals surface area contributed by atoms with Gasteiger partial charge < -0.3 is 21.3 Å². The first-order valence-electron chi connectivity index (χ1n) is 9.27. The van der Waals surface area contributed by atoms with Gasteiger partial charge in [-0.2, -0.15) is 4.98 Å². The summed E-state index contributed by atoms with van der Waals surface area (Å²) < 4.78 is 1.62. The maximum atomic E-state index is 12.1. The summed E-state index contributed by atoms with van der Waals surface area (Å²) >= 11 is 0. The third-order valence-electron chi connectivity index (χ3n) is 4.81. The number of nitrogens with one attached hydrogen (secondary N) is 4. The van der Waals surface area contributed by atoms with Crippen LogP contribution in [0.3, 0.4) is 0 Å². The minimum atomic E-state index is -0.543. The first kappa shape index (κ1) is 18.7. The quantitative estimate of drug-likeness (QED) is 0.468. The number of carbonyl (C=O) groups excluding carboxylic acids is 2. The number of aromatic nitrogens is 4. The summed E-state index contributed by atoms with van der Waals surface area (Å²) in [5.74, 6) is 0.880. The van der Waals surface area contributed by atoms with Gasteiger partial charge in [0.15, 0.2) is 11.5 Å². The molecule has 0 saturated heterocycles. The van der Waals surface area contributed by atoms with Gasteiger partial charge >= 0.3 is 0 Å². The topological polar surface area (TPSA) is 125 Å². The Morgan fingerprint density at radius 2 is 2.10 bits per heavy atom. The van der Waals surface area contributed by atoms with Crippen LogP contribution in [-0.2, 0) is 15.0 Å². The number of anilines is 4. The van der Waals surface area contributed by atoms with E-state index in [0.29, 0.717) is 30.5 Å². The van der Waals surface area contributed by atoms with Crippen LogP contribution in [0.25, 0.3) is 5.65 Å². The molecule has 1 aliphatic rings. The van der Waals surface area contributed by atoms with Crippen molar-refractivity contribution in [2.45, 2.75) is 26.2 Å². The molecule has 4 rings (SSSR count). The highest BCUT2D eigenvalue weighted by molar-refractivity contribution is 6.06. The second-order valence-corrected chi connectivity index (χ2v) is 7.35. The molecule has 10 nitrogen and oxygen atoms in total. The Bertz CT molecular complexity index is 1100. The van der Waals surface area contributed by atoms with Gasteiger partial charge in [0.1, 0.15) is 0 Å². The molecule has 0 radical (unpaired) electrons. The van der Waals surface area contributed by atoms with Crippen molar-refractivity contribution in [3.05, 3.63) is 36.2 Å². The van der Waals surface area contributed by atoms with Crippen molar-refractivity contribution in [2.24, 2.45) is 0 Å². The van der Waals surface area contributed by atoms with E-state index in [0.717, 1.165) is 16.9 Å². The van der Waals surface area contributed by atoms with Gasteiger partial charge in [0.2, 0.25) is 17.8 Å². The van der Waals surface area contributed by atoms with Crippen molar-refractivity contribution in [2.75, 3.05) is 29.0 Å². The lowest BCUT2D eigenvalue weighted by atomic mass is 9.86. The minimum Gasteiger partial charge on any atom is -0.365 e. The zero-order chi connectivity index (χ0) is 20.6. The molecule has 3 heterocycles. The number of hydrogen-bond acceptors (Lipinski definition) is 7. The van der Waals surface area contributed by atoms with Gasteiger partial charge in [-0.1, -0.05) is 6.07 Å². The molecule has 0 spiro atoms. The summed E-state index contributed by atoms with van der Waals surface area (Å²) in [6, 6.07) is 5.71. The normalized spacial score (nSPS) is 14.4. The van der Waals surface area contributed by atoms with E-state index in [-0.39, 0.29) is 11.8 Å². The zero-order valence-corrected chi connectivity index (χ0v) is 16.4. The molecule has 0 saturated carbocycles. The average molecular weight is 394 g/mol.